The van der Waals surface area contributed by atoms with E-state index in [4.69, 9.17) is 4.74 Å². The number of para-hydroxylation sites is 1. The molecular weight excluding hydrogens is 438 g/mol. The van der Waals surface area contributed by atoms with E-state index in [2.05, 4.69) is 111 Å². The van der Waals surface area contributed by atoms with Gasteiger partial charge in [0.1, 0.15) is 11.5 Å². The van der Waals surface area contributed by atoms with Crippen LogP contribution in [0.4, 0.5) is 0 Å². The van der Waals surface area contributed by atoms with Crippen LogP contribution in [0.25, 0.3) is 46.1 Å². The van der Waals surface area contributed by atoms with Crippen LogP contribution >= 0.6 is 0 Å². The van der Waals surface area contributed by atoms with Crippen molar-refractivity contribution in [2.24, 2.45) is 7.05 Å². The second-order valence-corrected chi connectivity index (χ2v) is 9.94. The molecule has 1 aliphatic heterocycles. The summed E-state index contributed by atoms with van der Waals surface area (Å²) in [6.07, 6.45) is 9.95. The minimum atomic E-state index is 0.466. The molecule has 0 amide bonds. The van der Waals surface area contributed by atoms with Gasteiger partial charge >= 0.3 is 0 Å². The number of hydrogen-bond donors (Lipinski definition) is 0. The molecule has 0 aliphatic carbocycles. The molecule has 1 unspecified atom stereocenters. The Balaban J connectivity index is 1.55. The topological polar surface area (TPSA) is 14.2 Å². The van der Waals surface area contributed by atoms with E-state index in [-0.39, 0.29) is 0 Å². The first-order chi connectivity index (χ1) is 17.5. The van der Waals surface area contributed by atoms with Crippen LogP contribution in [-0.4, -0.2) is 4.57 Å². The van der Waals surface area contributed by atoms with E-state index in [0.29, 0.717) is 5.92 Å². The second kappa shape index (κ2) is 8.87. The number of ether oxygens (including phenoxy) is 1. The summed E-state index contributed by atoms with van der Waals surface area (Å²) in [7, 11) is 2.17. The van der Waals surface area contributed by atoms with Gasteiger partial charge in [-0.1, -0.05) is 80.6 Å². The summed E-state index contributed by atoms with van der Waals surface area (Å²) in [4.78, 5) is 0. The highest BCUT2D eigenvalue weighted by molar-refractivity contribution is 6.10. The van der Waals surface area contributed by atoms with Crippen LogP contribution in [0.3, 0.4) is 0 Å². The van der Waals surface area contributed by atoms with Crippen molar-refractivity contribution >= 4 is 46.1 Å². The van der Waals surface area contributed by atoms with E-state index < -0.39 is 0 Å². The van der Waals surface area contributed by atoms with E-state index in [1.54, 1.807) is 0 Å². The molecule has 0 bridgehead atoms. The van der Waals surface area contributed by atoms with Crippen LogP contribution in [0.2, 0.25) is 0 Å². The molecule has 0 N–H and O–H groups in total. The van der Waals surface area contributed by atoms with Gasteiger partial charge in [0, 0.05) is 40.0 Å². The molecule has 6 rings (SSSR count). The number of aryl methyl sites for hydroxylation is 2. The monoisotopic (exact) mass is 469 g/mol. The Kier molecular flexibility index (Phi) is 5.53. The number of rotatable bonds is 4. The van der Waals surface area contributed by atoms with Crippen molar-refractivity contribution in [3.8, 4) is 11.5 Å². The highest BCUT2D eigenvalue weighted by atomic mass is 16.5. The molecule has 0 radical (unpaired) electrons. The van der Waals surface area contributed by atoms with Crippen molar-refractivity contribution in [3.05, 3.63) is 106 Å². The maximum Gasteiger partial charge on any atom is 0.135 e. The predicted molar refractivity (Wildman–Crippen MR) is 155 cm³/mol. The fourth-order valence-electron chi connectivity index (χ4n) is 5.29. The largest absolute Gasteiger partial charge is 0.456 e. The van der Waals surface area contributed by atoms with Crippen LogP contribution in [-0.2, 0) is 7.05 Å². The second-order valence-electron chi connectivity index (χ2n) is 9.94. The van der Waals surface area contributed by atoms with Crippen LogP contribution in [0.1, 0.15) is 59.6 Å². The van der Waals surface area contributed by atoms with Gasteiger partial charge < -0.3 is 9.30 Å². The summed E-state index contributed by atoms with van der Waals surface area (Å²) in [5, 5.41) is 2.52. The number of nitrogens with zero attached hydrogens (tertiary/aromatic N) is 1. The Bertz CT molecular complexity index is 1680. The Labute approximate surface area is 213 Å². The summed E-state index contributed by atoms with van der Waals surface area (Å²) in [6.45, 7) is 6.76. The highest BCUT2D eigenvalue weighted by Crippen LogP contribution is 2.41. The van der Waals surface area contributed by atoms with Gasteiger partial charge in [-0.2, -0.15) is 0 Å². The third kappa shape index (κ3) is 3.74. The lowest BCUT2D eigenvalue weighted by Gasteiger charge is -2.14. The fraction of sp³-hybridized carbons (Fsp3) is 0.176. The van der Waals surface area contributed by atoms with E-state index >= 15 is 0 Å². The summed E-state index contributed by atoms with van der Waals surface area (Å²) >= 11 is 0. The molecule has 2 nitrogen and oxygen atoms in total. The molecule has 2 heteroatoms. The molecule has 1 aromatic heterocycles. The fourth-order valence-corrected chi connectivity index (χ4v) is 5.29. The molecule has 0 spiro atoms. The van der Waals surface area contributed by atoms with Crippen molar-refractivity contribution in [2.75, 3.05) is 0 Å². The first-order valence-corrected chi connectivity index (χ1v) is 12.8. The van der Waals surface area contributed by atoms with Gasteiger partial charge in [-0.3, -0.25) is 0 Å². The minimum absolute atomic E-state index is 0.466. The molecule has 4 aromatic carbocycles. The van der Waals surface area contributed by atoms with Crippen molar-refractivity contribution < 1.29 is 4.74 Å². The molecule has 0 saturated carbocycles. The summed E-state index contributed by atoms with van der Waals surface area (Å²) in [5.41, 5.74) is 9.90. The average Bonchev–Trinajstić information content (AvgIpc) is 3.04. The molecule has 2 heterocycles. The third-order valence-corrected chi connectivity index (χ3v) is 7.70. The van der Waals surface area contributed by atoms with Crippen LogP contribution < -0.4 is 4.74 Å². The van der Waals surface area contributed by atoms with Crippen LogP contribution in [0.15, 0.2) is 72.8 Å². The molecule has 5 aromatic rings. The van der Waals surface area contributed by atoms with Crippen LogP contribution in [0, 0.1) is 6.92 Å². The molecule has 178 valence electrons. The number of hydrogen-bond acceptors (Lipinski definition) is 1. The van der Waals surface area contributed by atoms with Crippen molar-refractivity contribution in [1.29, 1.82) is 0 Å². The zero-order chi connectivity index (χ0) is 24.8. The summed E-state index contributed by atoms with van der Waals surface area (Å²) in [5.74, 6) is 2.27. The maximum absolute atomic E-state index is 6.41. The van der Waals surface area contributed by atoms with Gasteiger partial charge in [-0.25, -0.2) is 0 Å². The van der Waals surface area contributed by atoms with Gasteiger partial charge in [-0.15, -0.1) is 0 Å². The SMILES string of the molecule is CCC(C)c1cc2c3cc4c(cc3n(C)c2cc1/C=C\c1ccccc1C)C=Cc1ccccc1O4. The lowest BCUT2D eigenvalue weighted by Crippen LogP contribution is -1.96. The summed E-state index contributed by atoms with van der Waals surface area (Å²) in [6, 6.07) is 26.0. The molecule has 0 fully saturated rings. The van der Waals surface area contributed by atoms with Gasteiger partial charge in [0.25, 0.3) is 0 Å². The smallest absolute Gasteiger partial charge is 0.135 e. The molecule has 0 saturated heterocycles. The highest BCUT2D eigenvalue weighted by Gasteiger charge is 2.18. The van der Waals surface area contributed by atoms with Crippen molar-refractivity contribution in [1.82, 2.24) is 4.57 Å². The normalized spacial score (nSPS) is 13.6. The molecule has 1 aliphatic rings. The standard InChI is InChI=1S/C34H31NO/c1-5-22(2)28-20-29-30-21-34-27(17-15-25-12-8-9-13-33(25)36-34)19-32(30)35(4)31(29)18-26(28)16-14-24-11-7-6-10-23(24)3/h6-22H,5H2,1-4H3/b16-14-. The van der Waals surface area contributed by atoms with Gasteiger partial charge in [0.05, 0.1) is 0 Å². The lowest BCUT2D eigenvalue weighted by atomic mass is 9.91. The Hall–Kier alpha value is -4.04. The average molecular weight is 470 g/mol. The lowest BCUT2D eigenvalue weighted by molar-refractivity contribution is 0.482. The predicted octanol–water partition coefficient (Wildman–Crippen LogP) is 9.60. The number of benzene rings is 4. The molecule has 1 atom stereocenters. The third-order valence-electron chi connectivity index (χ3n) is 7.70. The van der Waals surface area contributed by atoms with E-state index in [0.717, 1.165) is 29.0 Å². The number of fused-ring (bicyclic) bond motifs is 5. The van der Waals surface area contributed by atoms with E-state index in [1.807, 2.05) is 18.2 Å². The Morgan fingerprint density at radius 3 is 2.31 bits per heavy atom. The number of aromatic nitrogens is 1. The first-order valence-electron chi connectivity index (χ1n) is 12.8. The Morgan fingerprint density at radius 1 is 0.778 bits per heavy atom. The van der Waals surface area contributed by atoms with Gasteiger partial charge in [-0.05, 0) is 71.8 Å². The first kappa shape index (κ1) is 22.4. The van der Waals surface area contributed by atoms with Crippen molar-refractivity contribution in [3.63, 3.8) is 0 Å². The zero-order valence-corrected chi connectivity index (χ0v) is 21.4. The zero-order valence-electron chi connectivity index (χ0n) is 21.4. The van der Waals surface area contributed by atoms with Gasteiger partial charge in [0.15, 0.2) is 0 Å². The quantitative estimate of drug-likeness (QED) is 0.234. The molecular formula is C34H31NO. The maximum atomic E-state index is 6.41. The molecule has 36 heavy (non-hydrogen) atoms. The Morgan fingerprint density at radius 2 is 1.47 bits per heavy atom. The minimum Gasteiger partial charge on any atom is -0.456 e. The van der Waals surface area contributed by atoms with E-state index in [9.17, 15) is 0 Å². The van der Waals surface area contributed by atoms with Gasteiger partial charge in [0.2, 0.25) is 0 Å². The van der Waals surface area contributed by atoms with Crippen molar-refractivity contribution in [2.45, 2.75) is 33.1 Å². The summed E-state index contributed by atoms with van der Waals surface area (Å²) < 4.78 is 8.73. The van der Waals surface area contributed by atoms with Crippen LogP contribution in [0.5, 0.6) is 11.5 Å². The van der Waals surface area contributed by atoms with E-state index in [1.165, 1.54) is 44.1 Å².